The molecule has 0 aliphatic heterocycles. The second-order valence-corrected chi connectivity index (χ2v) is 7.21. The van der Waals surface area contributed by atoms with E-state index >= 15 is 0 Å². The van der Waals surface area contributed by atoms with E-state index < -0.39 is 22.9 Å². The van der Waals surface area contributed by atoms with Crippen LogP contribution in [-0.2, 0) is 14.3 Å². The minimum absolute atomic E-state index is 0.00501. The Morgan fingerprint density at radius 1 is 1.03 bits per heavy atom. The molecule has 0 fully saturated rings. The van der Waals surface area contributed by atoms with Crippen molar-refractivity contribution >= 4 is 46.2 Å². The SMILES string of the molecule is CC(OC(=O)CN(c1ccccc1)c1ccccc1)C(=O)Nc1ccc([N+](=O)[O-])cc1Cl. The van der Waals surface area contributed by atoms with E-state index in [0.29, 0.717) is 0 Å². The molecule has 0 aliphatic rings. The summed E-state index contributed by atoms with van der Waals surface area (Å²) in [5.41, 5.74) is 1.57. The molecule has 0 aliphatic carbocycles. The summed E-state index contributed by atoms with van der Waals surface area (Å²) in [6.07, 6.45) is -1.11. The standard InChI is InChI=1S/C23H20ClN3O5/c1-16(23(29)25-21-13-12-19(27(30)31)14-20(21)24)32-22(28)15-26(17-8-4-2-5-9-17)18-10-6-3-7-11-18/h2-14,16H,15H2,1H3,(H,25,29). The molecule has 3 rings (SSSR count). The highest BCUT2D eigenvalue weighted by Gasteiger charge is 2.22. The Morgan fingerprint density at radius 2 is 1.59 bits per heavy atom. The van der Waals surface area contributed by atoms with Crippen molar-refractivity contribution in [2.45, 2.75) is 13.0 Å². The maximum absolute atomic E-state index is 12.6. The molecule has 0 spiro atoms. The van der Waals surface area contributed by atoms with Crippen LogP contribution in [0.2, 0.25) is 5.02 Å². The number of rotatable bonds is 8. The van der Waals surface area contributed by atoms with Crippen LogP contribution in [0.15, 0.2) is 78.9 Å². The molecular formula is C23H20ClN3O5. The molecule has 1 amide bonds. The number of ether oxygens (including phenoxy) is 1. The van der Waals surface area contributed by atoms with Crippen molar-refractivity contribution < 1.29 is 19.2 Å². The van der Waals surface area contributed by atoms with Gasteiger partial charge in [-0.25, -0.2) is 0 Å². The Kier molecular flexibility index (Phi) is 7.41. The summed E-state index contributed by atoms with van der Waals surface area (Å²) in [5.74, 6) is -1.21. The number of esters is 1. The first-order chi connectivity index (χ1) is 15.3. The van der Waals surface area contributed by atoms with E-state index in [1.165, 1.54) is 19.1 Å². The van der Waals surface area contributed by atoms with Crippen molar-refractivity contribution in [3.05, 3.63) is 94.0 Å². The topological polar surface area (TPSA) is 102 Å². The van der Waals surface area contributed by atoms with Crippen molar-refractivity contribution in [2.24, 2.45) is 0 Å². The van der Waals surface area contributed by atoms with Gasteiger partial charge in [0.1, 0.15) is 6.54 Å². The predicted molar refractivity (Wildman–Crippen MR) is 122 cm³/mol. The second-order valence-electron chi connectivity index (χ2n) is 6.80. The van der Waals surface area contributed by atoms with Gasteiger partial charge in [0.2, 0.25) is 0 Å². The van der Waals surface area contributed by atoms with E-state index in [4.69, 9.17) is 16.3 Å². The van der Waals surface area contributed by atoms with Gasteiger partial charge in [-0.2, -0.15) is 0 Å². The molecule has 8 nitrogen and oxygen atoms in total. The molecule has 0 aromatic heterocycles. The summed E-state index contributed by atoms with van der Waals surface area (Å²) in [7, 11) is 0. The summed E-state index contributed by atoms with van der Waals surface area (Å²) in [4.78, 5) is 37.1. The number of anilines is 3. The van der Waals surface area contributed by atoms with Gasteiger partial charge in [-0.05, 0) is 37.3 Å². The van der Waals surface area contributed by atoms with E-state index in [2.05, 4.69) is 5.32 Å². The van der Waals surface area contributed by atoms with Crippen LogP contribution in [0.4, 0.5) is 22.7 Å². The molecule has 0 saturated carbocycles. The Labute approximate surface area is 189 Å². The van der Waals surface area contributed by atoms with Gasteiger partial charge in [0, 0.05) is 23.5 Å². The molecule has 164 valence electrons. The number of hydrogen-bond acceptors (Lipinski definition) is 6. The van der Waals surface area contributed by atoms with E-state index in [1.807, 2.05) is 60.7 Å². The Balaban J connectivity index is 1.66. The van der Waals surface area contributed by atoms with Crippen molar-refractivity contribution in [1.29, 1.82) is 0 Å². The molecule has 0 heterocycles. The summed E-state index contributed by atoms with van der Waals surface area (Å²) in [6.45, 7) is 1.33. The lowest BCUT2D eigenvalue weighted by molar-refractivity contribution is -0.384. The third-order valence-electron chi connectivity index (χ3n) is 4.52. The lowest BCUT2D eigenvalue weighted by Gasteiger charge is -2.24. The van der Waals surface area contributed by atoms with Crippen LogP contribution in [-0.4, -0.2) is 29.4 Å². The maximum Gasteiger partial charge on any atom is 0.326 e. The first-order valence-electron chi connectivity index (χ1n) is 9.67. The minimum Gasteiger partial charge on any atom is -0.451 e. The molecule has 1 atom stereocenters. The lowest BCUT2D eigenvalue weighted by atomic mass is 10.2. The molecule has 0 bridgehead atoms. The lowest BCUT2D eigenvalue weighted by Crippen LogP contribution is -2.34. The van der Waals surface area contributed by atoms with Gasteiger partial charge in [0.25, 0.3) is 11.6 Å². The molecule has 3 aromatic carbocycles. The number of para-hydroxylation sites is 2. The second kappa shape index (κ2) is 10.4. The van der Waals surface area contributed by atoms with Crippen LogP contribution >= 0.6 is 11.6 Å². The minimum atomic E-state index is -1.11. The third kappa shape index (κ3) is 5.83. The number of amides is 1. The zero-order valence-electron chi connectivity index (χ0n) is 17.1. The van der Waals surface area contributed by atoms with Gasteiger partial charge in [0.15, 0.2) is 6.10 Å². The summed E-state index contributed by atoms with van der Waals surface area (Å²) < 4.78 is 5.32. The molecular weight excluding hydrogens is 434 g/mol. The van der Waals surface area contributed by atoms with Crippen LogP contribution in [0.5, 0.6) is 0 Å². The number of benzene rings is 3. The fourth-order valence-electron chi connectivity index (χ4n) is 2.92. The summed E-state index contributed by atoms with van der Waals surface area (Å²) in [5, 5.41) is 13.3. The van der Waals surface area contributed by atoms with Gasteiger partial charge in [-0.3, -0.25) is 19.7 Å². The quantitative estimate of drug-likeness (QED) is 0.294. The highest BCUT2D eigenvalue weighted by atomic mass is 35.5. The number of hydrogen-bond donors (Lipinski definition) is 1. The largest absolute Gasteiger partial charge is 0.451 e. The summed E-state index contributed by atoms with van der Waals surface area (Å²) in [6, 6.07) is 22.3. The van der Waals surface area contributed by atoms with Crippen molar-refractivity contribution in [3.63, 3.8) is 0 Å². The molecule has 3 aromatic rings. The first-order valence-corrected chi connectivity index (χ1v) is 10.0. The zero-order valence-corrected chi connectivity index (χ0v) is 17.9. The number of nitrogens with one attached hydrogen (secondary N) is 1. The van der Waals surface area contributed by atoms with Crippen molar-refractivity contribution in [2.75, 3.05) is 16.8 Å². The predicted octanol–water partition coefficient (Wildman–Crippen LogP) is 4.96. The van der Waals surface area contributed by atoms with Crippen LogP contribution in [0.1, 0.15) is 6.92 Å². The number of nitro benzene ring substituents is 1. The van der Waals surface area contributed by atoms with Crippen LogP contribution in [0.25, 0.3) is 0 Å². The smallest absolute Gasteiger partial charge is 0.326 e. The van der Waals surface area contributed by atoms with Gasteiger partial charge >= 0.3 is 5.97 Å². The summed E-state index contributed by atoms with van der Waals surface area (Å²) >= 11 is 6.00. The molecule has 0 radical (unpaired) electrons. The van der Waals surface area contributed by atoms with Crippen molar-refractivity contribution in [3.8, 4) is 0 Å². The van der Waals surface area contributed by atoms with Gasteiger partial charge in [-0.1, -0.05) is 48.0 Å². The molecule has 32 heavy (non-hydrogen) atoms. The maximum atomic E-state index is 12.6. The zero-order chi connectivity index (χ0) is 23.1. The van der Waals surface area contributed by atoms with E-state index in [-0.39, 0.29) is 22.9 Å². The first kappa shape index (κ1) is 22.8. The van der Waals surface area contributed by atoms with Crippen molar-refractivity contribution in [1.82, 2.24) is 0 Å². The van der Waals surface area contributed by atoms with Gasteiger partial charge < -0.3 is 15.0 Å². The molecule has 1 N–H and O–H groups in total. The van der Waals surface area contributed by atoms with Gasteiger partial charge in [-0.15, -0.1) is 0 Å². The Hall–Kier alpha value is -3.91. The van der Waals surface area contributed by atoms with Crippen LogP contribution < -0.4 is 10.2 Å². The fraction of sp³-hybridized carbons (Fsp3) is 0.130. The number of halogens is 1. The highest BCUT2D eigenvalue weighted by Crippen LogP contribution is 2.27. The van der Waals surface area contributed by atoms with Crippen LogP contribution in [0, 0.1) is 10.1 Å². The Morgan fingerprint density at radius 3 is 2.09 bits per heavy atom. The van der Waals surface area contributed by atoms with E-state index in [1.54, 1.807) is 4.90 Å². The average molecular weight is 454 g/mol. The number of nitro groups is 1. The Bertz CT molecular complexity index is 1070. The highest BCUT2D eigenvalue weighted by molar-refractivity contribution is 6.34. The molecule has 0 saturated heterocycles. The monoisotopic (exact) mass is 453 g/mol. The fourth-order valence-corrected chi connectivity index (χ4v) is 3.14. The third-order valence-corrected chi connectivity index (χ3v) is 4.83. The number of carbonyl (C=O) groups excluding carboxylic acids is 2. The number of carbonyl (C=O) groups is 2. The van der Waals surface area contributed by atoms with Gasteiger partial charge in [0.05, 0.1) is 15.6 Å². The average Bonchev–Trinajstić information content (AvgIpc) is 2.79. The van der Waals surface area contributed by atoms with Crippen LogP contribution in [0.3, 0.4) is 0 Å². The van der Waals surface area contributed by atoms with E-state index in [9.17, 15) is 19.7 Å². The number of non-ortho nitro benzene ring substituents is 1. The molecule has 1 unspecified atom stereocenters. The van der Waals surface area contributed by atoms with E-state index in [0.717, 1.165) is 17.4 Å². The molecule has 9 heteroatoms. The normalized spacial score (nSPS) is 11.3. The number of nitrogens with zero attached hydrogens (tertiary/aromatic N) is 2.